The van der Waals surface area contributed by atoms with Crippen LogP contribution in [0.25, 0.3) is 16.6 Å². The molecule has 0 aliphatic carbocycles. The number of hydrogen-bond donors (Lipinski definition) is 1. The van der Waals surface area contributed by atoms with E-state index < -0.39 is 16.6 Å². The lowest BCUT2D eigenvalue weighted by Gasteiger charge is -2.17. The van der Waals surface area contributed by atoms with Crippen LogP contribution < -0.4 is 10.9 Å². The summed E-state index contributed by atoms with van der Waals surface area (Å²) in [6, 6.07) is 17.6. The average molecular weight is 488 g/mol. The molecule has 0 saturated carbocycles. The molecule has 1 amide bonds. The second-order valence-electron chi connectivity index (χ2n) is 6.85. The van der Waals surface area contributed by atoms with E-state index in [0.717, 1.165) is 11.8 Å². The first kappa shape index (κ1) is 22.3. The van der Waals surface area contributed by atoms with E-state index in [4.69, 9.17) is 23.2 Å². The summed E-state index contributed by atoms with van der Waals surface area (Å²) < 4.78 is 15.8. The number of aromatic nitrogens is 2. The maximum atomic E-state index is 14.6. The normalized spacial score (nSPS) is 12.0. The molecule has 0 fully saturated rings. The summed E-state index contributed by atoms with van der Waals surface area (Å²) in [6.07, 6.45) is 0. The summed E-state index contributed by atoms with van der Waals surface area (Å²) in [5.41, 5.74) is 0.463. The van der Waals surface area contributed by atoms with Gasteiger partial charge in [0.15, 0.2) is 5.16 Å². The molecule has 1 N–H and O–H groups in total. The molecule has 1 unspecified atom stereocenters. The summed E-state index contributed by atoms with van der Waals surface area (Å²) in [4.78, 5) is 30.6. The van der Waals surface area contributed by atoms with E-state index in [1.807, 2.05) is 0 Å². The lowest BCUT2D eigenvalue weighted by atomic mass is 10.2. The number of anilines is 1. The Kier molecular flexibility index (Phi) is 6.50. The molecule has 1 atom stereocenters. The highest BCUT2D eigenvalue weighted by Crippen LogP contribution is 2.31. The van der Waals surface area contributed by atoms with Gasteiger partial charge in [0.05, 0.1) is 37.6 Å². The number of rotatable bonds is 5. The zero-order chi connectivity index (χ0) is 22.8. The van der Waals surface area contributed by atoms with Gasteiger partial charge in [-0.2, -0.15) is 0 Å². The lowest BCUT2D eigenvalue weighted by molar-refractivity contribution is -0.115. The Hall–Kier alpha value is -2.87. The number of fused-ring (bicyclic) bond motifs is 1. The summed E-state index contributed by atoms with van der Waals surface area (Å²) in [6.45, 7) is 1.66. The smallest absolute Gasteiger partial charge is 0.266 e. The molecule has 4 aromatic rings. The zero-order valence-corrected chi connectivity index (χ0v) is 19.0. The van der Waals surface area contributed by atoms with Crippen molar-refractivity contribution < 1.29 is 9.18 Å². The summed E-state index contributed by atoms with van der Waals surface area (Å²) >= 11 is 13.2. The predicted octanol–water partition coefficient (Wildman–Crippen LogP) is 5.95. The van der Waals surface area contributed by atoms with Gasteiger partial charge in [-0.05, 0) is 43.3 Å². The number of nitrogens with zero attached hydrogens (tertiary/aromatic N) is 2. The molecular weight excluding hydrogens is 472 g/mol. The predicted molar refractivity (Wildman–Crippen MR) is 128 cm³/mol. The van der Waals surface area contributed by atoms with Crippen LogP contribution in [0.5, 0.6) is 0 Å². The summed E-state index contributed by atoms with van der Waals surface area (Å²) in [5, 5.41) is 3.13. The molecule has 0 radical (unpaired) electrons. The Balaban J connectivity index is 1.74. The van der Waals surface area contributed by atoms with Crippen LogP contribution >= 0.6 is 35.0 Å². The molecule has 0 aliphatic rings. The quantitative estimate of drug-likeness (QED) is 0.279. The number of thioether (sulfide) groups is 1. The topological polar surface area (TPSA) is 64.0 Å². The van der Waals surface area contributed by atoms with Crippen LogP contribution in [0.3, 0.4) is 0 Å². The maximum Gasteiger partial charge on any atom is 0.266 e. The minimum absolute atomic E-state index is 0.0590. The van der Waals surface area contributed by atoms with Crippen molar-refractivity contribution in [2.24, 2.45) is 0 Å². The van der Waals surface area contributed by atoms with Gasteiger partial charge in [-0.1, -0.05) is 65.3 Å². The van der Waals surface area contributed by atoms with Gasteiger partial charge in [0.25, 0.3) is 5.56 Å². The van der Waals surface area contributed by atoms with Crippen molar-refractivity contribution in [2.75, 3.05) is 5.32 Å². The Labute approximate surface area is 197 Å². The summed E-state index contributed by atoms with van der Waals surface area (Å²) in [7, 11) is 0. The van der Waals surface area contributed by atoms with E-state index in [9.17, 15) is 14.0 Å². The van der Waals surface area contributed by atoms with E-state index in [-0.39, 0.29) is 21.8 Å². The van der Waals surface area contributed by atoms with Crippen LogP contribution in [-0.2, 0) is 4.79 Å². The van der Waals surface area contributed by atoms with E-state index in [1.54, 1.807) is 55.5 Å². The van der Waals surface area contributed by atoms with Crippen molar-refractivity contribution in [1.82, 2.24) is 9.55 Å². The Bertz CT molecular complexity index is 1390. The van der Waals surface area contributed by atoms with Crippen molar-refractivity contribution >= 4 is 57.5 Å². The van der Waals surface area contributed by atoms with E-state index in [1.165, 1.54) is 22.8 Å². The fourth-order valence-electron chi connectivity index (χ4n) is 3.08. The van der Waals surface area contributed by atoms with Gasteiger partial charge in [0.1, 0.15) is 5.82 Å². The third kappa shape index (κ3) is 4.37. The van der Waals surface area contributed by atoms with Gasteiger partial charge in [-0.3, -0.25) is 14.2 Å². The number of nitrogens with one attached hydrogen (secondary N) is 1. The summed E-state index contributed by atoms with van der Waals surface area (Å²) in [5.74, 6) is -0.946. The molecular formula is C23H16Cl2FN3O2S. The average Bonchev–Trinajstić information content (AvgIpc) is 2.78. The first-order valence-corrected chi connectivity index (χ1v) is 11.2. The molecule has 0 bridgehead atoms. The third-order valence-corrected chi connectivity index (χ3v) is 6.57. The third-order valence-electron chi connectivity index (χ3n) is 4.70. The molecule has 1 heterocycles. The van der Waals surface area contributed by atoms with Crippen LogP contribution in [0.15, 0.2) is 76.7 Å². The van der Waals surface area contributed by atoms with Gasteiger partial charge in [0.2, 0.25) is 5.91 Å². The Morgan fingerprint density at radius 2 is 1.78 bits per heavy atom. The molecule has 0 spiro atoms. The molecule has 0 saturated heterocycles. The number of carbonyl (C=O) groups excluding carboxylic acids is 1. The highest BCUT2D eigenvalue weighted by Gasteiger charge is 2.22. The molecule has 9 heteroatoms. The van der Waals surface area contributed by atoms with Crippen LogP contribution in [0.4, 0.5) is 10.1 Å². The molecule has 4 rings (SSSR count). The number of carbonyl (C=O) groups is 1. The van der Waals surface area contributed by atoms with Crippen LogP contribution in [0.2, 0.25) is 10.0 Å². The van der Waals surface area contributed by atoms with Gasteiger partial charge in [-0.15, -0.1) is 0 Å². The van der Waals surface area contributed by atoms with Crippen molar-refractivity contribution in [1.29, 1.82) is 0 Å². The first-order chi connectivity index (χ1) is 15.4. The van der Waals surface area contributed by atoms with Crippen molar-refractivity contribution in [3.63, 3.8) is 0 Å². The first-order valence-electron chi connectivity index (χ1n) is 9.55. The Morgan fingerprint density at radius 1 is 1.06 bits per heavy atom. The number of hydrogen-bond acceptors (Lipinski definition) is 4. The minimum atomic E-state index is -0.684. The lowest BCUT2D eigenvalue weighted by Crippen LogP contribution is -2.26. The van der Waals surface area contributed by atoms with Gasteiger partial charge < -0.3 is 5.32 Å². The highest BCUT2D eigenvalue weighted by molar-refractivity contribution is 8.00. The second-order valence-corrected chi connectivity index (χ2v) is 8.95. The van der Waals surface area contributed by atoms with Gasteiger partial charge in [-0.25, -0.2) is 9.37 Å². The zero-order valence-electron chi connectivity index (χ0n) is 16.7. The fourth-order valence-corrected chi connectivity index (χ4v) is 4.35. The van der Waals surface area contributed by atoms with Crippen molar-refractivity contribution in [3.05, 3.63) is 92.9 Å². The standard InChI is InChI=1S/C23H16Cl2FN3O2S/c1-13(21(30)27-18-11-6-8-15(24)20(18)25)32-23-28-17-10-4-2-7-14(17)22(31)29(23)19-12-5-3-9-16(19)26/h2-13H,1H3,(H,27,30). The SMILES string of the molecule is CC(Sc1nc2ccccc2c(=O)n1-c1ccccc1F)C(=O)Nc1cccc(Cl)c1Cl. The van der Waals surface area contributed by atoms with Crippen LogP contribution in [0.1, 0.15) is 6.92 Å². The van der Waals surface area contributed by atoms with E-state index >= 15 is 0 Å². The van der Waals surface area contributed by atoms with Crippen molar-refractivity contribution in [3.8, 4) is 5.69 Å². The molecule has 5 nitrogen and oxygen atoms in total. The second kappa shape index (κ2) is 9.32. The molecule has 3 aromatic carbocycles. The number of para-hydroxylation sites is 2. The van der Waals surface area contributed by atoms with E-state index in [2.05, 4.69) is 10.3 Å². The number of halogens is 3. The molecule has 0 aliphatic heterocycles. The Morgan fingerprint density at radius 3 is 2.56 bits per heavy atom. The van der Waals surface area contributed by atoms with Crippen LogP contribution in [-0.4, -0.2) is 20.7 Å². The van der Waals surface area contributed by atoms with Gasteiger partial charge in [0, 0.05) is 0 Å². The van der Waals surface area contributed by atoms with Gasteiger partial charge >= 0.3 is 0 Å². The van der Waals surface area contributed by atoms with E-state index in [0.29, 0.717) is 21.6 Å². The fraction of sp³-hybridized carbons (Fsp3) is 0.0870. The van der Waals surface area contributed by atoms with Crippen molar-refractivity contribution in [2.45, 2.75) is 17.3 Å². The molecule has 32 heavy (non-hydrogen) atoms. The number of amides is 1. The largest absolute Gasteiger partial charge is 0.324 e. The monoisotopic (exact) mass is 487 g/mol. The molecule has 1 aromatic heterocycles. The maximum absolute atomic E-state index is 14.6. The van der Waals surface area contributed by atoms with Crippen LogP contribution in [0, 0.1) is 5.82 Å². The number of benzene rings is 3. The highest BCUT2D eigenvalue weighted by atomic mass is 35.5. The minimum Gasteiger partial charge on any atom is -0.324 e. The molecule has 162 valence electrons.